The van der Waals surface area contributed by atoms with Crippen molar-refractivity contribution in [2.75, 3.05) is 32.8 Å². The molecular weight excluding hydrogens is 214 g/mol. The average molecular weight is 237 g/mol. The molecule has 0 aliphatic rings. The second-order valence-electron chi connectivity index (χ2n) is 3.74. The van der Waals surface area contributed by atoms with Crippen molar-refractivity contribution in [3.05, 3.63) is 35.9 Å². The van der Waals surface area contributed by atoms with Crippen LogP contribution in [0.2, 0.25) is 0 Å². The monoisotopic (exact) mass is 237 g/mol. The van der Waals surface area contributed by atoms with Crippen molar-refractivity contribution in [2.24, 2.45) is 5.73 Å². The highest BCUT2D eigenvalue weighted by molar-refractivity contribution is 5.16. The van der Waals surface area contributed by atoms with E-state index < -0.39 is 0 Å². The predicted octanol–water partition coefficient (Wildman–Crippen LogP) is 0.860. The van der Waals surface area contributed by atoms with E-state index in [0.29, 0.717) is 13.2 Å². The highest BCUT2D eigenvalue weighted by atomic mass is 16.5. The number of hydrogen-bond donors (Lipinski definition) is 3. The molecule has 17 heavy (non-hydrogen) atoms. The lowest BCUT2D eigenvalue weighted by atomic mass is 10.2. The molecule has 1 aromatic carbocycles. The van der Waals surface area contributed by atoms with Crippen LogP contribution in [0.5, 0.6) is 0 Å². The van der Waals surface area contributed by atoms with E-state index in [1.165, 1.54) is 0 Å². The number of rotatable bonds is 9. The number of nitrogens with two attached hydrogens (primary N) is 1. The van der Waals surface area contributed by atoms with Crippen LogP contribution in [0.25, 0.3) is 0 Å². The number of hydrogen-bond acceptors (Lipinski definition) is 4. The van der Waals surface area contributed by atoms with E-state index >= 15 is 0 Å². The lowest BCUT2D eigenvalue weighted by Crippen LogP contribution is -2.33. The summed E-state index contributed by atoms with van der Waals surface area (Å²) in [6.45, 7) is 5.99. The van der Waals surface area contributed by atoms with Crippen molar-refractivity contribution in [1.82, 2.24) is 10.6 Å². The summed E-state index contributed by atoms with van der Waals surface area (Å²) in [5.41, 5.74) is 6.56. The number of benzene rings is 1. The van der Waals surface area contributed by atoms with Crippen LogP contribution in [-0.2, 0) is 4.74 Å². The van der Waals surface area contributed by atoms with Crippen LogP contribution in [0.3, 0.4) is 0 Å². The zero-order chi connectivity index (χ0) is 12.3. The van der Waals surface area contributed by atoms with Gasteiger partial charge in [-0.25, -0.2) is 0 Å². The molecule has 1 atom stereocenters. The quantitative estimate of drug-likeness (QED) is 0.440. The molecule has 0 aromatic heterocycles. The minimum Gasteiger partial charge on any atom is -0.359 e. The van der Waals surface area contributed by atoms with Crippen LogP contribution < -0.4 is 16.4 Å². The first kappa shape index (κ1) is 14.1. The van der Waals surface area contributed by atoms with E-state index in [0.717, 1.165) is 25.2 Å². The van der Waals surface area contributed by atoms with E-state index in [1.54, 1.807) is 0 Å². The van der Waals surface area contributed by atoms with E-state index in [1.807, 2.05) is 25.1 Å². The molecule has 4 N–H and O–H groups in total. The molecule has 4 nitrogen and oxygen atoms in total. The fourth-order valence-corrected chi connectivity index (χ4v) is 1.59. The van der Waals surface area contributed by atoms with Crippen molar-refractivity contribution in [3.8, 4) is 0 Å². The Morgan fingerprint density at radius 3 is 2.59 bits per heavy atom. The van der Waals surface area contributed by atoms with Gasteiger partial charge in [0.1, 0.15) is 6.23 Å². The maximum Gasteiger partial charge on any atom is 0.134 e. The smallest absolute Gasteiger partial charge is 0.134 e. The Kier molecular flexibility index (Phi) is 7.58. The van der Waals surface area contributed by atoms with Crippen molar-refractivity contribution in [2.45, 2.75) is 13.2 Å². The molecular formula is C13H23N3O. The summed E-state index contributed by atoms with van der Waals surface area (Å²) in [6, 6.07) is 10.2. The molecule has 96 valence electrons. The second-order valence-corrected chi connectivity index (χ2v) is 3.74. The number of nitrogens with one attached hydrogen (secondary N) is 2. The highest BCUT2D eigenvalue weighted by Crippen LogP contribution is 2.13. The fourth-order valence-electron chi connectivity index (χ4n) is 1.59. The van der Waals surface area contributed by atoms with E-state index in [4.69, 9.17) is 10.5 Å². The summed E-state index contributed by atoms with van der Waals surface area (Å²) in [6.07, 6.45) is -0.0270. The Labute approximate surface area is 104 Å². The first-order valence-corrected chi connectivity index (χ1v) is 6.19. The van der Waals surface area contributed by atoms with Crippen molar-refractivity contribution < 1.29 is 4.74 Å². The van der Waals surface area contributed by atoms with Crippen LogP contribution in [0, 0.1) is 0 Å². The first-order chi connectivity index (χ1) is 8.38. The predicted molar refractivity (Wildman–Crippen MR) is 70.7 cm³/mol. The normalized spacial score (nSPS) is 12.6. The Morgan fingerprint density at radius 1 is 1.18 bits per heavy atom. The van der Waals surface area contributed by atoms with Gasteiger partial charge < -0.3 is 15.8 Å². The van der Waals surface area contributed by atoms with E-state index in [-0.39, 0.29) is 6.23 Å². The fraction of sp³-hybridized carbons (Fsp3) is 0.538. The molecule has 1 unspecified atom stereocenters. The molecule has 1 rings (SSSR count). The lowest BCUT2D eigenvalue weighted by molar-refractivity contribution is 0.0377. The largest absolute Gasteiger partial charge is 0.359 e. The molecule has 0 aliphatic heterocycles. The van der Waals surface area contributed by atoms with Gasteiger partial charge >= 0.3 is 0 Å². The maximum absolute atomic E-state index is 5.67. The summed E-state index contributed by atoms with van der Waals surface area (Å²) in [5, 5.41) is 6.61. The van der Waals surface area contributed by atoms with E-state index in [9.17, 15) is 0 Å². The Balaban J connectivity index is 2.33. The molecule has 0 amide bonds. The Morgan fingerprint density at radius 2 is 1.94 bits per heavy atom. The van der Waals surface area contributed by atoms with Gasteiger partial charge in [-0.2, -0.15) is 0 Å². The highest BCUT2D eigenvalue weighted by Gasteiger charge is 2.08. The molecule has 0 radical (unpaired) electrons. The van der Waals surface area contributed by atoms with Gasteiger partial charge in [0.25, 0.3) is 0 Å². The van der Waals surface area contributed by atoms with Crippen LogP contribution in [0.1, 0.15) is 18.7 Å². The minimum absolute atomic E-state index is 0.0270. The topological polar surface area (TPSA) is 59.3 Å². The van der Waals surface area contributed by atoms with Gasteiger partial charge in [-0.1, -0.05) is 30.3 Å². The zero-order valence-corrected chi connectivity index (χ0v) is 10.5. The van der Waals surface area contributed by atoms with Crippen LogP contribution >= 0.6 is 0 Å². The van der Waals surface area contributed by atoms with Gasteiger partial charge in [-0.15, -0.1) is 0 Å². The molecule has 0 fully saturated rings. The third-order valence-corrected chi connectivity index (χ3v) is 2.39. The molecule has 0 saturated carbocycles. The van der Waals surface area contributed by atoms with Gasteiger partial charge in [-0.3, -0.25) is 5.32 Å². The molecule has 4 heteroatoms. The average Bonchev–Trinajstić information content (AvgIpc) is 2.38. The third-order valence-electron chi connectivity index (χ3n) is 2.39. The Bertz CT molecular complexity index is 279. The molecule has 0 bridgehead atoms. The van der Waals surface area contributed by atoms with Gasteiger partial charge in [-0.05, 0) is 12.5 Å². The van der Waals surface area contributed by atoms with Crippen molar-refractivity contribution >= 4 is 0 Å². The van der Waals surface area contributed by atoms with Gasteiger partial charge in [0.05, 0.1) is 0 Å². The van der Waals surface area contributed by atoms with Crippen LogP contribution in [0.4, 0.5) is 0 Å². The third kappa shape index (κ3) is 5.79. The zero-order valence-electron chi connectivity index (χ0n) is 10.5. The molecule has 0 saturated heterocycles. The molecule has 0 spiro atoms. The van der Waals surface area contributed by atoms with Crippen LogP contribution in [-0.4, -0.2) is 32.8 Å². The van der Waals surface area contributed by atoms with Gasteiger partial charge in [0.15, 0.2) is 0 Å². The SMILES string of the molecule is CCOC(NCCNCCN)c1ccccc1. The molecule has 1 aromatic rings. The summed E-state index contributed by atoms with van der Waals surface area (Å²) >= 11 is 0. The second kappa shape index (κ2) is 9.13. The standard InChI is InChI=1S/C13H23N3O/c1-2-17-13(12-6-4-3-5-7-12)16-11-10-15-9-8-14/h3-7,13,15-16H,2,8-11,14H2,1H3. The maximum atomic E-state index is 5.67. The van der Waals surface area contributed by atoms with Gasteiger partial charge in [0.2, 0.25) is 0 Å². The van der Waals surface area contributed by atoms with Crippen molar-refractivity contribution in [3.63, 3.8) is 0 Å². The first-order valence-electron chi connectivity index (χ1n) is 6.19. The summed E-state index contributed by atoms with van der Waals surface area (Å²) in [5.74, 6) is 0. The number of ether oxygens (including phenoxy) is 1. The van der Waals surface area contributed by atoms with E-state index in [2.05, 4.69) is 22.8 Å². The summed E-state index contributed by atoms with van der Waals surface area (Å²) in [4.78, 5) is 0. The Hall–Kier alpha value is -0.940. The molecule has 0 aliphatic carbocycles. The summed E-state index contributed by atoms with van der Waals surface area (Å²) < 4.78 is 5.67. The lowest BCUT2D eigenvalue weighted by Gasteiger charge is -2.19. The molecule has 0 heterocycles. The summed E-state index contributed by atoms with van der Waals surface area (Å²) in [7, 11) is 0. The van der Waals surface area contributed by atoms with Crippen molar-refractivity contribution in [1.29, 1.82) is 0 Å². The van der Waals surface area contributed by atoms with Gasteiger partial charge in [0, 0.05) is 32.8 Å². The minimum atomic E-state index is -0.0270. The van der Waals surface area contributed by atoms with Crippen LogP contribution in [0.15, 0.2) is 30.3 Å².